The van der Waals surface area contributed by atoms with Crippen LogP contribution in [-0.2, 0) is 21.2 Å². The molecule has 0 spiro atoms. The zero-order valence-electron chi connectivity index (χ0n) is 11.4. The van der Waals surface area contributed by atoms with Crippen molar-refractivity contribution in [1.82, 2.24) is 10.2 Å². The molecule has 1 heterocycles. The number of carbonyl (C=O) groups is 1. The van der Waals surface area contributed by atoms with Gasteiger partial charge in [-0.25, -0.2) is 8.42 Å². The number of amides is 1. The standard InChI is InChI=1S/C12H13N3O5S/c1-13-6-11-12(16)14(2)7-8-5-9(15(17)18)3-4-10(8)21(11,19)20/h3-6,13H,7H2,1-2H3/b11-6+. The average molecular weight is 311 g/mol. The molecule has 0 radical (unpaired) electrons. The summed E-state index contributed by atoms with van der Waals surface area (Å²) < 4.78 is 25.1. The largest absolute Gasteiger partial charge is 0.393 e. The molecule has 0 saturated heterocycles. The second-order valence-corrected chi connectivity index (χ2v) is 6.40. The van der Waals surface area contributed by atoms with Gasteiger partial charge in [0.15, 0.2) is 4.91 Å². The summed E-state index contributed by atoms with van der Waals surface area (Å²) in [5, 5.41) is 13.3. The average Bonchev–Trinajstić information content (AvgIpc) is 2.48. The van der Waals surface area contributed by atoms with Gasteiger partial charge >= 0.3 is 0 Å². The molecule has 0 bridgehead atoms. The lowest BCUT2D eigenvalue weighted by Crippen LogP contribution is -2.28. The molecule has 1 amide bonds. The summed E-state index contributed by atoms with van der Waals surface area (Å²) in [5.41, 5.74) is 0.00500. The number of nitrogens with zero attached hydrogens (tertiary/aromatic N) is 2. The minimum absolute atomic E-state index is 0.0177. The van der Waals surface area contributed by atoms with Crippen LogP contribution in [0.1, 0.15) is 5.56 Å². The number of carbonyl (C=O) groups excluding carboxylic acids is 1. The van der Waals surface area contributed by atoms with E-state index in [1.807, 2.05) is 0 Å². The maximum atomic E-state index is 12.5. The predicted molar refractivity (Wildman–Crippen MR) is 73.9 cm³/mol. The van der Waals surface area contributed by atoms with Crippen molar-refractivity contribution in [3.63, 3.8) is 0 Å². The van der Waals surface area contributed by atoms with Crippen LogP contribution in [0.2, 0.25) is 0 Å². The number of nitro groups is 1. The van der Waals surface area contributed by atoms with Crippen LogP contribution >= 0.6 is 0 Å². The second kappa shape index (κ2) is 5.17. The summed E-state index contributed by atoms with van der Waals surface area (Å²) in [6.45, 7) is -0.0177. The number of likely N-dealkylation sites (N-methyl/N-ethyl adjacent to an activating group) is 1. The first kappa shape index (κ1) is 15.0. The van der Waals surface area contributed by atoms with Gasteiger partial charge in [0.1, 0.15) is 0 Å². The molecule has 9 heteroatoms. The van der Waals surface area contributed by atoms with Gasteiger partial charge in [-0.05, 0) is 11.6 Å². The van der Waals surface area contributed by atoms with Gasteiger partial charge in [-0.3, -0.25) is 14.9 Å². The number of fused-ring (bicyclic) bond motifs is 1. The smallest absolute Gasteiger partial charge is 0.269 e. The van der Waals surface area contributed by atoms with E-state index in [9.17, 15) is 23.3 Å². The molecule has 0 aliphatic carbocycles. The molecule has 0 aromatic heterocycles. The molecule has 1 aromatic carbocycles. The Bertz CT molecular complexity index is 754. The monoisotopic (exact) mass is 311 g/mol. The molecule has 1 aromatic rings. The number of rotatable bonds is 2. The summed E-state index contributed by atoms with van der Waals surface area (Å²) in [6.07, 6.45) is 1.12. The summed E-state index contributed by atoms with van der Waals surface area (Å²) in [5.74, 6) is -0.664. The molecule has 0 unspecified atom stereocenters. The molecule has 8 nitrogen and oxygen atoms in total. The third kappa shape index (κ3) is 2.47. The SMILES string of the molecule is CN/C=C1\C(=O)N(C)Cc2cc([N+](=O)[O-])ccc2S1(=O)=O. The second-order valence-electron chi connectivity index (χ2n) is 4.51. The summed E-state index contributed by atoms with van der Waals surface area (Å²) in [7, 11) is -1.10. The lowest BCUT2D eigenvalue weighted by molar-refractivity contribution is -0.385. The van der Waals surface area contributed by atoms with E-state index in [-0.39, 0.29) is 27.6 Å². The number of hydrogen-bond acceptors (Lipinski definition) is 6. The lowest BCUT2D eigenvalue weighted by atomic mass is 10.2. The lowest BCUT2D eigenvalue weighted by Gasteiger charge is -2.14. The van der Waals surface area contributed by atoms with E-state index in [0.29, 0.717) is 0 Å². The number of non-ortho nitro benzene ring substituents is 1. The van der Waals surface area contributed by atoms with Crippen LogP contribution in [0.15, 0.2) is 34.2 Å². The first-order valence-electron chi connectivity index (χ1n) is 5.94. The Kier molecular flexibility index (Phi) is 3.69. The van der Waals surface area contributed by atoms with Crippen molar-refractivity contribution in [2.45, 2.75) is 11.4 Å². The molecular weight excluding hydrogens is 298 g/mol. The summed E-state index contributed by atoms with van der Waals surface area (Å²) in [4.78, 5) is 23.1. The van der Waals surface area contributed by atoms with Gasteiger partial charge in [-0.2, -0.15) is 0 Å². The van der Waals surface area contributed by atoms with Crippen molar-refractivity contribution >= 4 is 21.4 Å². The van der Waals surface area contributed by atoms with Gasteiger partial charge < -0.3 is 10.2 Å². The number of nitrogens with one attached hydrogen (secondary N) is 1. The third-order valence-electron chi connectivity index (χ3n) is 3.07. The maximum absolute atomic E-state index is 12.5. The van der Waals surface area contributed by atoms with E-state index in [1.54, 1.807) is 0 Å². The Labute approximate surface area is 121 Å². The molecule has 0 saturated carbocycles. The van der Waals surface area contributed by atoms with E-state index in [2.05, 4.69) is 5.32 Å². The molecule has 21 heavy (non-hydrogen) atoms. The molecule has 0 atom stereocenters. The van der Waals surface area contributed by atoms with Crippen LogP contribution in [0.3, 0.4) is 0 Å². The predicted octanol–water partition coefficient (Wildman–Crippen LogP) is 0.401. The molecule has 1 aliphatic rings. The van der Waals surface area contributed by atoms with Crippen molar-refractivity contribution < 1.29 is 18.1 Å². The number of hydrogen-bond donors (Lipinski definition) is 1. The first-order valence-corrected chi connectivity index (χ1v) is 7.42. The van der Waals surface area contributed by atoms with Crippen LogP contribution in [0.4, 0.5) is 5.69 Å². The first-order chi connectivity index (χ1) is 9.78. The van der Waals surface area contributed by atoms with E-state index in [0.717, 1.165) is 12.3 Å². The number of sulfone groups is 1. The fraction of sp³-hybridized carbons (Fsp3) is 0.250. The third-order valence-corrected chi connectivity index (χ3v) is 4.92. The highest BCUT2D eigenvalue weighted by molar-refractivity contribution is 7.96. The highest BCUT2D eigenvalue weighted by atomic mass is 32.2. The van der Waals surface area contributed by atoms with Crippen LogP contribution in [0.5, 0.6) is 0 Å². The van der Waals surface area contributed by atoms with Crippen molar-refractivity contribution in [2.75, 3.05) is 14.1 Å². The quantitative estimate of drug-likeness (QED) is 0.481. The summed E-state index contributed by atoms with van der Waals surface area (Å²) >= 11 is 0. The highest BCUT2D eigenvalue weighted by Gasteiger charge is 2.35. The maximum Gasteiger partial charge on any atom is 0.269 e. The van der Waals surface area contributed by atoms with Crippen molar-refractivity contribution in [2.24, 2.45) is 0 Å². The van der Waals surface area contributed by atoms with Crippen molar-refractivity contribution in [1.29, 1.82) is 0 Å². The molecule has 2 rings (SSSR count). The zero-order valence-corrected chi connectivity index (χ0v) is 12.2. The summed E-state index contributed by atoms with van der Waals surface area (Å²) in [6, 6.07) is 3.46. The fourth-order valence-corrected chi connectivity index (χ4v) is 3.70. The van der Waals surface area contributed by atoms with E-state index >= 15 is 0 Å². The zero-order chi connectivity index (χ0) is 15.8. The molecule has 1 N–H and O–H groups in total. The van der Waals surface area contributed by atoms with Gasteiger partial charge in [-0.1, -0.05) is 0 Å². The van der Waals surface area contributed by atoms with Crippen LogP contribution < -0.4 is 5.32 Å². The van der Waals surface area contributed by atoms with Crippen molar-refractivity contribution in [3.05, 3.63) is 45.0 Å². The Morgan fingerprint density at radius 1 is 1.43 bits per heavy atom. The topological polar surface area (TPSA) is 110 Å². The molecule has 112 valence electrons. The van der Waals surface area contributed by atoms with E-state index in [4.69, 9.17) is 0 Å². The molecule has 0 fully saturated rings. The van der Waals surface area contributed by atoms with E-state index < -0.39 is 20.7 Å². The van der Waals surface area contributed by atoms with Crippen LogP contribution in [0.25, 0.3) is 0 Å². The van der Waals surface area contributed by atoms with Crippen LogP contribution in [0, 0.1) is 10.1 Å². The van der Waals surface area contributed by atoms with Gasteiger partial charge in [0.25, 0.3) is 11.6 Å². The number of benzene rings is 1. The Hall–Kier alpha value is -2.42. The van der Waals surface area contributed by atoms with E-state index in [1.165, 1.54) is 31.1 Å². The number of nitro benzene ring substituents is 1. The Morgan fingerprint density at radius 2 is 2.10 bits per heavy atom. The molecular formula is C12H13N3O5S. The normalized spacial score (nSPS) is 19.0. The van der Waals surface area contributed by atoms with Crippen molar-refractivity contribution in [3.8, 4) is 0 Å². The highest BCUT2D eigenvalue weighted by Crippen LogP contribution is 2.31. The van der Waals surface area contributed by atoms with Gasteiger partial charge in [0.2, 0.25) is 9.84 Å². The molecule has 1 aliphatic heterocycles. The minimum Gasteiger partial charge on any atom is -0.393 e. The van der Waals surface area contributed by atoms with Gasteiger partial charge in [0, 0.05) is 39.0 Å². The fourth-order valence-electron chi connectivity index (χ4n) is 2.08. The van der Waals surface area contributed by atoms with Gasteiger partial charge in [-0.15, -0.1) is 0 Å². The minimum atomic E-state index is -4.02. The van der Waals surface area contributed by atoms with Gasteiger partial charge in [0.05, 0.1) is 9.82 Å². The van der Waals surface area contributed by atoms with Crippen LogP contribution in [-0.4, -0.2) is 38.2 Å². The Balaban J connectivity index is 2.74. The Morgan fingerprint density at radius 3 is 2.67 bits per heavy atom.